The molecule has 1 fully saturated rings. The van der Waals surface area contributed by atoms with Gasteiger partial charge < -0.3 is 9.90 Å². The van der Waals surface area contributed by atoms with Gasteiger partial charge >= 0.3 is 29.6 Å². The predicted molar refractivity (Wildman–Crippen MR) is 60.9 cm³/mol. The van der Waals surface area contributed by atoms with Crippen LogP contribution in [0.2, 0.25) is 0 Å². The summed E-state index contributed by atoms with van der Waals surface area (Å²) in [5, 5.41) is 19.4. The standard InChI is InChI=1S/C14H15NO2.Na/c15-9-10-1-3-11(4-2-10)12-5-7-13(8-6-12)14(16)17;/h1-4,12-13H,5-8H2,(H,16,17);/q;+1/p-1. The summed E-state index contributed by atoms with van der Waals surface area (Å²) in [4.78, 5) is 10.7. The minimum atomic E-state index is -0.914. The average molecular weight is 251 g/mol. The van der Waals surface area contributed by atoms with Crippen LogP contribution in [0.3, 0.4) is 0 Å². The van der Waals surface area contributed by atoms with Crippen molar-refractivity contribution in [3.05, 3.63) is 35.4 Å². The molecular formula is C14H14NNaO2. The third kappa shape index (κ3) is 3.58. The van der Waals surface area contributed by atoms with Gasteiger partial charge in [-0.1, -0.05) is 12.1 Å². The topological polar surface area (TPSA) is 63.9 Å². The largest absolute Gasteiger partial charge is 1.00 e. The molecule has 0 spiro atoms. The summed E-state index contributed by atoms with van der Waals surface area (Å²) in [7, 11) is 0. The van der Waals surface area contributed by atoms with Crippen molar-refractivity contribution in [1.82, 2.24) is 0 Å². The van der Waals surface area contributed by atoms with Crippen molar-refractivity contribution in [2.24, 2.45) is 5.92 Å². The van der Waals surface area contributed by atoms with Crippen LogP contribution in [0.15, 0.2) is 24.3 Å². The minimum Gasteiger partial charge on any atom is -0.550 e. The average Bonchev–Trinajstić information content (AvgIpc) is 2.39. The fourth-order valence-corrected chi connectivity index (χ4v) is 2.49. The molecular weight excluding hydrogens is 237 g/mol. The van der Waals surface area contributed by atoms with Gasteiger partial charge in [0.05, 0.1) is 11.6 Å². The van der Waals surface area contributed by atoms with Crippen molar-refractivity contribution in [2.75, 3.05) is 0 Å². The van der Waals surface area contributed by atoms with E-state index in [1.165, 1.54) is 5.56 Å². The second kappa shape index (κ2) is 6.94. The zero-order chi connectivity index (χ0) is 12.3. The minimum absolute atomic E-state index is 0. The molecule has 18 heavy (non-hydrogen) atoms. The molecule has 88 valence electrons. The first-order valence-corrected chi connectivity index (χ1v) is 5.91. The summed E-state index contributed by atoms with van der Waals surface area (Å²) in [5.74, 6) is -0.758. The second-order valence-corrected chi connectivity index (χ2v) is 4.60. The number of carbonyl (C=O) groups excluding carboxylic acids is 1. The van der Waals surface area contributed by atoms with Crippen molar-refractivity contribution in [1.29, 1.82) is 5.26 Å². The molecule has 1 aromatic carbocycles. The Morgan fingerprint density at radius 3 is 2.17 bits per heavy atom. The van der Waals surface area contributed by atoms with E-state index in [0.717, 1.165) is 12.8 Å². The van der Waals surface area contributed by atoms with Crippen LogP contribution >= 0.6 is 0 Å². The number of carbonyl (C=O) groups is 1. The van der Waals surface area contributed by atoms with Crippen molar-refractivity contribution >= 4 is 5.97 Å². The number of nitrogens with zero attached hydrogens (tertiary/aromatic N) is 1. The molecule has 0 heterocycles. The molecule has 4 heteroatoms. The Hall–Kier alpha value is -0.820. The maximum Gasteiger partial charge on any atom is 1.00 e. The number of rotatable bonds is 2. The monoisotopic (exact) mass is 251 g/mol. The van der Waals surface area contributed by atoms with Crippen LogP contribution in [0.1, 0.15) is 42.7 Å². The molecule has 2 rings (SSSR count). The number of benzene rings is 1. The van der Waals surface area contributed by atoms with Gasteiger partial charge in [0.25, 0.3) is 0 Å². The molecule has 1 aliphatic carbocycles. The molecule has 0 unspecified atom stereocenters. The fourth-order valence-electron chi connectivity index (χ4n) is 2.49. The molecule has 0 atom stereocenters. The van der Waals surface area contributed by atoms with Crippen LogP contribution in [0, 0.1) is 17.2 Å². The molecule has 0 saturated heterocycles. The first kappa shape index (κ1) is 15.2. The summed E-state index contributed by atoms with van der Waals surface area (Å²) >= 11 is 0. The zero-order valence-corrected chi connectivity index (χ0v) is 12.6. The van der Waals surface area contributed by atoms with Gasteiger partial charge in [-0.15, -0.1) is 0 Å². The molecule has 0 amide bonds. The van der Waals surface area contributed by atoms with Gasteiger partial charge in [-0.2, -0.15) is 5.26 Å². The summed E-state index contributed by atoms with van der Waals surface area (Å²) < 4.78 is 0. The SMILES string of the molecule is N#Cc1ccc(C2CCC(C(=O)[O-])CC2)cc1.[Na+]. The molecule has 0 aliphatic heterocycles. The van der Waals surface area contributed by atoms with Crippen LogP contribution < -0.4 is 34.7 Å². The quantitative estimate of drug-likeness (QED) is 0.606. The van der Waals surface area contributed by atoms with Gasteiger partial charge in [-0.05, 0) is 55.2 Å². The molecule has 0 N–H and O–H groups in total. The Balaban J connectivity index is 0.00000162. The van der Waals surface area contributed by atoms with Crippen LogP contribution in [0.5, 0.6) is 0 Å². The van der Waals surface area contributed by atoms with Crippen molar-refractivity contribution in [3.8, 4) is 6.07 Å². The molecule has 1 aliphatic rings. The van der Waals surface area contributed by atoms with E-state index in [-0.39, 0.29) is 35.5 Å². The van der Waals surface area contributed by atoms with E-state index in [1.807, 2.05) is 24.3 Å². The summed E-state index contributed by atoms with van der Waals surface area (Å²) in [6, 6.07) is 9.68. The van der Waals surface area contributed by atoms with Crippen LogP contribution in [-0.4, -0.2) is 5.97 Å². The molecule has 3 nitrogen and oxygen atoms in total. The van der Waals surface area contributed by atoms with E-state index in [1.54, 1.807) is 0 Å². The smallest absolute Gasteiger partial charge is 0.550 e. The van der Waals surface area contributed by atoms with Crippen molar-refractivity contribution in [2.45, 2.75) is 31.6 Å². The molecule has 0 aromatic heterocycles. The van der Waals surface area contributed by atoms with Gasteiger partial charge in [-0.3, -0.25) is 0 Å². The summed E-state index contributed by atoms with van der Waals surface area (Å²) in [6.45, 7) is 0. The predicted octanol–water partition coefficient (Wildman–Crippen LogP) is -1.41. The fraction of sp³-hybridized carbons (Fsp3) is 0.429. The maximum absolute atomic E-state index is 10.7. The van der Waals surface area contributed by atoms with Gasteiger partial charge in [0.2, 0.25) is 0 Å². The molecule has 0 radical (unpaired) electrons. The number of hydrogen-bond donors (Lipinski definition) is 0. The van der Waals surface area contributed by atoms with Crippen LogP contribution in [0.25, 0.3) is 0 Å². The number of aliphatic carboxylic acids is 1. The second-order valence-electron chi connectivity index (χ2n) is 4.60. The van der Waals surface area contributed by atoms with E-state index >= 15 is 0 Å². The van der Waals surface area contributed by atoms with Gasteiger partial charge in [-0.25, -0.2) is 0 Å². The number of carboxylic acids is 1. The van der Waals surface area contributed by atoms with Crippen molar-refractivity contribution < 1.29 is 39.5 Å². The third-order valence-electron chi connectivity index (χ3n) is 3.57. The Morgan fingerprint density at radius 1 is 1.17 bits per heavy atom. The molecule has 1 aromatic rings. The first-order valence-electron chi connectivity index (χ1n) is 5.91. The Labute approximate surface area is 129 Å². The van der Waals surface area contributed by atoms with Gasteiger partial charge in [0, 0.05) is 5.97 Å². The number of carboxylic acid groups (broad SMARTS) is 1. The normalized spacial score (nSPS) is 22.6. The van der Waals surface area contributed by atoms with E-state index < -0.39 is 5.97 Å². The Bertz CT molecular complexity index is 442. The van der Waals surface area contributed by atoms with Crippen molar-refractivity contribution in [3.63, 3.8) is 0 Å². The van der Waals surface area contributed by atoms with E-state index in [4.69, 9.17) is 5.26 Å². The molecule has 1 saturated carbocycles. The third-order valence-corrected chi connectivity index (χ3v) is 3.57. The molecule has 0 bridgehead atoms. The zero-order valence-electron chi connectivity index (χ0n) is 10.6. The first-order chi connectivity index (χ1) is 8.20. The summed E-state index contributed by atoms with van der Waals surface area (Å²) in [6.07, 6.45) is 3.19. The Kier molecular flexibility index (Phi) is 5.87. The van der Waals surface area contributed by atoms with Crippen LogP contribution in [0.4, 0.5) is 0 Å². The van der Waals surface area contributed by atoms with E-state index in [0.29, 0.717) is 24.3 Å². The summed E-state index contributed by atoms with van der Waals surface area (Å²) in [5.41, 5.74) is 1.87. The number of nitriles is 1. The van der Waals surface area contributed by atoms with Gasteiger partial charge in [0.1, 0.15) is 0 Å². The van der Waals surface area contributed by atoms with E-state index in [2.05, 4.69) is 6.07 Å². The van der Waals surface area contributed by atoms with Gasteiger partial charge in [0.15, 0.2) is 0 Å². The van der Waals surface area contributed by atoms with Crippen LogP contribution in [-0.2, 0) is 4.79 Å². The maximum atomic E-state index is 10.7. The Morgan fingerprint density at radius 2 is 1.72 bits per heavy atom. The number of hydrogen-bond acceptors (Lipinski definition) is 3. The van der Waals surface area contributed by atoms with E-state index in [9.17, 15) is 9.90 Å².